The molecule has 0 spiro atoms. The van der Waals surface area contributed by atoms with E-state index in [4.69, 9.17) is 4.74 Å². The minimum absolute atomic E-state index is 0.249. The minimum atomic E-state index is -3.43. The van der Waals surface area contributed by atoms with Gasteiger partial charge in [0.15, 0.2) is 0 Å². The molecule has 1 aliphatic rings. The van der Waals surface area contributed by atoms with E-state index in [0.717, 1.165) is 19.1 Å². The molecule has 0 radical (unpaired) electrons. The van der Waals surface area contributed by atoms with Gasteiger partial charge in [-0.2, -0.15) is 0 Å². The lowest BCUT2D eigenvalue weighted by atomic mass is 9.90. The van der Waals surface area contributed by atoms with Crippen LogP contribution in [0.25, 0.3) is 0 Å². The quantitative estimate of drug-likeness (QED) is 0.849. The number of rotatable bonds is 5. The van der Waals surface area contributed by atoms with Crippen molar-refractivity contribution in [3.63, 3.8) is 0 Å². The zero-order valence-corrected chi connectivity index (χ0v) is 13.0. The van der Waals surface area contributed by atoms with Crippen molar-refractivity contribution in [3.05, 3.63) is 29.8 Å². The second-order valence-electron chi connectivity index (χ2n) is 5.52. The molecule has 21 heavy (non-hydrogen) atoms. The van der Waals surface area contributed by atoms with Crippen LogP contribution in [0, 0.1) is 5.92 Å². The fourth-order valence-corrected chi connectivity index (χ4v) is 3.15. The summed E-state index contributed by atoms with van der Waals surface area (Å²) in [5.74, 6) is -0.0509. The Balaban J connectivity index is 2.01. The first-order chi connectivity index (χ1) is 9.96. The molecule has 1 saturated carbocycles. The van der Waals surface area contributed by atoms with Gasteiger partial charge in [-0.3, -0.25) is 4.72 Å². The Hall–Kier alpha value is -1.56. The number of sulfonamides is 1. The van der Waals surface area contributed by atoms with E-state index in [2.05, 4.69) is 4.72 Å². The molecule has 0 atom stereocenters. The molecular weight excluding hydrogens is 290 g/mol. The lowest BCUT2D eigenvalue weighted by Gasteiger charge is -2.21. The van der Waals surface area contributed by atoms with E-state index in [-0.39, 0.29) is 11.3 Å². The van der Waals surface area contributed by atoms with Gasteiger partial charge in [0.25, 0.3) is 0 Å². The second-order valence-corrected chi connectivity index (χ2v) is 7.27. The molecule has 0 unspecified atom stereocenters. The van der Waals surface area contributed by atoms with E-state index in [0.29, 0.717) is 12.5 Å². The summed E-state index contributed by atoms with van der Waals surface area (Å²) in [5, 5.41) is 0. The Morgan fingerprint density at radius 1 is 1.24 bits per heavy atom. The number of anilines is 1. The van der Waals surface area contributed by atoms with Gasteiger partial charge in [-0.05, 0) is 30.9 Å². The molecule has 0 heterocycles. The van der Waals surface area contributed by atoms with Gasteiger partial charge in [0, 0.05) is 0 Å². The first-order valence-electron chi connectivity index (χ1n) is 7.19. The molecule has 2 rings (SSSR count). The Morgan fingerprint density at radius 2 is 1.90 bits per heavy atom. The number of carbonyl (C=O) groups excluding carboxylic acids is 1. The molecule has 0 aromatic heterocycles. The maximum Gasteiger partial charge on any atom is 0.340 e. The average molecular weight is 311 g/mol. The van der Waals surface area contributed by atoms with E-state index in [1.54, 1.807) is 24.3 Å². The summed E-state index contributed by atoms with van der Waals surface area (Å²) in [4.78, 5) is 12.1. The molecule has 0 bridgehead atoms. The number of carbonyl (C=O) groups is 1. The van der Waals surface area contributed by atoms with Crippen molar-refractivity contribution in [2.75, 3.05) is 17.6 Å². The van der Waals surface area contributed by atoms with Crippen LogP contribution < -0.4 is 4.72 Å². The molecular formula is C15H21NO4S. The summed E-state index contributed by atoms with van der Waals surface area (Å²) in [6.45, 7) is 0.409. The van der Waals surface area contributed by atoms with E-state index < -0.39 is 16.0 Å². The fourth-order valence-electron chi connectivity index (χ4n) is 2.57. The normalized spacial score (nSPS) is 16.4. The highest BCUT2D eigenvalue weighted by atomic mass is 32.2. The molecule has 0 saturated heterocycles. The Kier molecular flexibility index (Phi) is 5.22. The molecule has 1 aromatic carbocycles. The zero-order valence-electron chi connectivity index (χ0n) is 12.2. The predicted octanol–water partition coefficient (Wildman–Crippen LogP) is 2.80. The van der Waals surface area contributed by atoms with Crippen molar-refractivity contribution >= 4 is 21.7 Å². The van der Waals surface area contributed by atoms with Crippen LogP contribution in [-0.4, -0.2) is 27.2 Å². The molecule has 116 valence electrons. The van der Waals surface area contributed by atoms with Crippen LogP contribution in [0.4, 0.5) is 5.69 Å². The fraction of sp³-hybridized carbons (Fsp3) is 0.533. The van der Waals surface area contributed by atoms with Crippen LogP contribution in [0.5, 0.6) is 0 Å². The maximum atomic E-state index is 12.1. The number of ether oxygens (including phenoxy) is 1. The Morgan fingerprint density at radius 3 is 2.57 bits per heavy atom. The average Bonchev–Trinajstić information content (AvgIpc) is 2.45. The highest BCUT2D eigenvalue weighted by Crippen LogP contribution is 2.24. The molecule has 1 aliphatic carbocycles. The zero-order chi connectivity index (χ0) is 15.3. The van der Waals surface area contributed by atoms with Crippen molar-refractivity contribution in [3.8, 4) is 0 Å². The third kappa shape index (κ3) is 5.04. The molecule has 1 fully saturated rings. The first kappa shape index (κ1) is 15.8. The SMILES string of the molecule is CS(=O)(=O)Nc1ccccc1C(=O)OCC1CCCCC1. The van der Waals surface area contributed by atoms with Crippen molar-refractivity contribution < 1.29 is 17.9 Å². The van der Waals surface area contributed by atoms with Gasteiger partial charge in [0.05, 0.1) is 24.1 Å². The molecule has 1 N–H and O–H groups in total. The standard InChI is InChI=1S/C15H21NO4S/c1-21(18,19)16-14-10-6-5-9-13(14)15(17)20-11-12-7-3-2-4-8-12/h5-6,9-10,12,16H,2-4,7-8,11H2,1H3. The summed E-state index contributed by atoms with van der Waals surface area (Å²) in [5.41, 5.74) is 0.507. The van der Waals surface area contributed by atoms with Crippen molar-refractivity contribution in [2.24, 2.45) is 5.92 Å². The summed E-state index contributed by atoms with van der Waals surface area (Å²) in [6, 6.07) is 6.48. The van der Waals surface area contributed by atoms with Gasteiger partial charge in [0.2, 0.25) is 10.0 Å². The topological polar surface area (TPSA) is 72.5 Å². The lowest BCUT2D eigenvalue weighted by Crippen LogP contribution is -2.18. The predicted molar refractivity (Wildman–Crippen MR) is 81.8 cm³/mol. The van der Waals surface area contributed by atoms with E-state index in [9.17, 15) is 13.2 Å². The highest BCUT2D eigenvalue weighted by molar-refractivity contribution is 7.92. The van der Waals surface area contributed by atoms with Gasteiger partial charge in [0.1, 0.15) is 0 Å². The van der Waals surface area contributed by atoms with Crippen LogP contribution in [-0.2, 0) is 14.8 Å². The number of para-hydroxylation sites is 1. The Labute approximate surface area is 125 Å². The second kappa shape index (κ2) is 6.93. The van der Waals surface area contributed by atoms with E-state index in [1.165, 1.54) is 19.3 Å². The summed E-state index contributed by atoms with van der Waals surface area (Å²) >= 11 is 0. The summed E-state index contributed by atoms with van der Waals surface area (Å²) in [7, 11) is -3.43. The van der Waals surface area contributed by atoms with Crippen LogP contribution in [0.15, 0.2) is 24.3 Å². The maximum absolute atomic E-state index is 12.1. The minimum Gasteiger partial charge on any atom is -0.462 e. The van der Waals surface area contributed by atoms with Gasteiger partial charge < -0.3 is 4.74 Å². The number of hydrogen-bond donors (Lipinski definition) is 1. The number of benzene rings is 1. The third-order valence-corrected chi connectivity index (χ3v) is 4.21. The monoisotopic (exact) mass is 311 g/mol. The van der Waals surface area contributed by atoms with Crippen molar-refractivity contribution in [2.45, 2.75) is 32.1 Å². The van der Waals surface area contributed by atoms with Gasteiger partial charge in [-0.25, -0.2) is 13.2 Å². The smallest absolute Gasteiger partial charge is 0.340 e. The Bertz CT molecular complexity index is 591. The van der Waals surface area contributed by atoms with Crippen LogP contribution in [0.3, 0.4) is 0 Å². The third-order valence-electron chi connectivity index (χ3n) is 3.62. The van der Waals surface area contributed by atoms with Crippen molar-refractivity contribution in [1.82, 2.24) is 0 Å². The van der Waals surface area contributed by atoms with Crippen LogP contribution in [0.1, 0.15) is 42.5 Å². The molecule has 0 amide bonds. The summed E-state index contributed by atoms with van der Waals surface area (Å²) in [6.07, 6.45) is 6.87. The van der Waals surface area contributed by atoms with Gasteiger partial charge in [-0.1, -0.05) is 31.4 Å². The van der Waals surface area contributed by atoms with Gasteiger partial charge >= 0.3 is 5.97 Å². The van der Waals surface area contributed by atoms with Gasteiger partial charge in [-0.15, -0.1) is 0 Å². The van der Waals surface area contributed by atoms with Crippen molar-refractivity contribution in [1.29, 1.82) is 0 Å². The summed E-state index contributed by atoms with van der Waals surface area (Å²) < 4.78 is 30.3. The molecule has 5 nitrogen and oxygen atoms in total. The van der Waals surface area contributed by atoms with E-state index >= 15 is 0 Å². The number of hydrogen-bond acceptors (Lipinski definition) is 4. The lowest BCUT2D eigenvalue weighted by molar-refractivity contribution is 0.0411. The molecule has 6 heteroatoms. The highest BCUT2D eigenvalue weighted by Gasteiger charge is 2.18. The van der Waals surface area contributed by atoms with Crippen LogP contribution >= 0.6 is 0 Å². The number of esters is 1. The first-order valence-corrected chi connectivity index (χ1v) is 9.09. The largest absolute Gasteiger partial charge is 0.462 e. The van der Waals surface area contributed by atoms with Crippen LogP contribution in [0.2, 0.25) is 0 Å². The molecule has 1 aromatic rings. The number of nitrogens with one attached hydrogen (secondary N) is 1. The molecule has 0 aliphatic heterocycles. The van der Waals surface area contributed by atoms with E-state index in [1.807, 2.05) is 0 Å².